The van der Waals surface area contributed by atoms with Gasteiger partial charge < -0.3 is 9.84 Å². The van der Waals surface area contributed by atoms with Crippen LogP contribution < -0.4 is 4.74 Å². The fraction of sp³-hybridized carbons (Fsp3) is 0.500. The minimum absolute atomic E-state index is 0.0740. The Morgan fingerprint density at radius 3 is 2.81 bits per heavy atom. The number of aliphatic hydroxyl groups is 1. The number of carbonyl (C=O) groups excluding carboxylic acids is 1. The van der Waals surface area contributed by atoms with E-state index >= 15 is 0 Å². The van der Waals surface area contributed by atoms with E-state index in [0.717, 1.165) is 6.42 Å². The highest BCUT2D eigenvalue weighted by molar-refractivity contribution is 5.93. The number of hydrazone groups is 1. The van der Waals surface area contributed by atoms with Crippen molar-refractivity contribution in [2.24, 2.45) is 11.0 Å². The van der Waals surface area contributed by atoms with Crippen LogP contribution in [0.5, 0.6) is 5.75 Å². The van der Waals surface area contributed by atoms with Crippen LogP contribution in [0, 0.1) is 17.2 Å². The van der Waals surface area contributed by atoms with Gasteiger partial charge in [-0.15, -0.1) is 0 Å². The highest BCUT2D eigenvalue weighted by atomic mass is 19.4. The lowest BCUT2D eigenvalue weighted by Crippen LogP contribution is -2.61. The fourth-order valence-electron chi connectivity index (χ4n) is 3.53. The van der Waals surface area contributed by atoms with Gasteiger partial charge in [-0.2, -0.15) is 28.5 Å². The molecule has 1 fully saturated rings. The van der Waals surface area contributed by atoms with Crippen LogP contribution in [0.1, 0.15) is 37.7 Å². The number of hydrogen-bond acceptors (Lipinski definition) is 5. The number of alkyl halides is 3. The van der Waals surface area contributed by atoms with E-state index in [4.69, 9.17) is 10.00 Å². The van der Waals surface area contributed by atoms with E-state index in [1.54, 1.807) is 12.1 Å². The maximum absolute atomic E-state index is 13.7. The van der Waals surface area contributed by atoms with Crippen LogP contribution in [0.4, 0.5) is 13.2 Å². The summed E-state index contributed by atoms with van der Waals surface area (Å²) in [5.74, 6) is -2.32. The molecule has 1 heterocycles. The maximum atomic E-state index is 13.7. The lowest BCUT2D eigenvalue weighted by atomic mass is 9.87. The number of nitrogens with zero attached hydrogens (tertiary/aromatic N) is 3. The number of nitriles is 1. The number of para-hydroxylation sites is 1. The number of carbonyl (C=O) groups is 1. The van der Waals surface area contributed by atoms with Crippen molar-refractivity contribution in [2.75, 3.05) is 6.61 Å². The first-order valence-electron chi connectivity index (χ1n) is 8.60. The molecule has 1 aromatic carbocycles. The molecule has 0 aromatic heterocycles. The highest BCUT2D eigenvalue weighted by Crippen LogP contribution is 2.47. The molecule has 0 spiro atoms. The molecule has 1 aromatic rings. The van der Waals surface area contributed by atoms with Crippen molar-refractivity contribution in [3.63, 3.8) is 0 Å². The van der Waals surface area contributed by atoms with E-state index in [1.807, 2.05) is 6.07 Å². The van der Waals surface area contributed by atoms with Gasteiger partial charge in [-0.25, -0.2) is 0 Å². The van der Waals surface area contributed by atoms with Crippen LogP contribution in [0.15, 0.2) is 29.4 Å². The molecule has 1 N–H and O–H groups in total. The summed E-state index contributed by atoms with van der Waals surface area (Å²) in [6.45, 7) is -0.777. The first-order valence-corrected chi connectivity index (χ1v) is 8.60. The molecule has 2 atom stereocenters. The van der Waals surface area contributed by atoms with E-state index in [0.29, 0.717) is 19.3 Å². The molecule has 0 saturated heterocycles. The molecule has 27 heavy (non-hydrogen) atoms. The lowest BCUT2D eigenvalue weighted by Gasteiger charge is -2.37. The zero-order valence-electron chi connectivity index (χ0n) is 14.4. The molecule has 1 aliphatic carbocycles. The number of rotatable bonds is 3. The molecule has 0 bridgehead atoms. The monoisotopic (exact) mass is 381 g/mol. The lowest BCUT2D eigenvalue weighted by molar-refractivity contribution is -0.317. The number of benzene rings is 1. The summed E-state index contributed by atoms with van der Waals surface area (Å²) in [7, 11) is 0. The Balaban J connectivity index is 1.84. The van der Waals surface area contributed by atoms with Gasteiger partial charge in [0.05, 0.1) is 11.5 Å². The topological polar surface area (TPSA) is 85.9 Å². The van der Waals surface area contributed by atoms with Gasteiger partial charge in [-0.05, 0) is 31.4 Å². The number of ether oxygens (including phenoxy) is 1. The van der Waals surface area contributed by atoms with Crippen molar-refractivity contribution in [3.05, 3.63) is 29.8 Å². The van der Waals surface area contributed by atoms with Gasteiger partial charge >= 0.3 is 6.18 Å². The third-order valence-electron chi connectivity index (χ3n) is 4.88. The number of hydrogen-bond donors (Lipinski definition) is 1. The zero-order valence-corrected chi connectivity index (χ0v) is 14.4. The Morgan fingerprint density at radius 2 is 2.11 bits per heavy atom. The molecule has 0 radical (unpaired) electrons. The molecular weight excluding hydrogens is 363 g/mol. The summed E-state index contributed by atoms with van der Waals surface area (Å²) >= 11 is 0. The third-order valence-corrected chi connectivity index (χ3v) is 4.88. The van der Waals surface area contributed by atoms with Crippen LogP contribution in [0.25, 0.3) is 0 Å². The van der Waals surface area contributed by atoms with Gasteiger partial charge in [0.15, 0.2) is 6.61 Å². The van der Waals surface area contributed by atoms with Crippen molar-refractivity contribution < 1.29 is 27.8 Å². The minimum Gasteiger partial charge on any atom is -0.482 e. The van der Waals surface area contributed by atoms with E-state index in [2.05, 4.69) is 5.10 Å². The molecule has 1 amide bonds. The predicted octanol–water partition coefficient (Wildman–Crippen LogP) is 2.97. The minimum atomic E-state index is -5.06. The largest absolute Gasteiger partial charge is 0.482 e. The van der Waals surface area contributed by atoms with Gasteiger partial charge in [0.25, 0.3) is 11.6 Å². The Kier molecular flexibility index (Phi) is 5.11. The fourth-order valence-corrected chi connectivity index (χ4v) is 3.53. The summed E-state index contributed by atoms with van der Waals surface area (Å²) in [6.07, 6.45) is -2.70. The Bertz CT molecular complexity index is 803. The maximum Gasteiger partial charge on any atom is 0.439 e. The molecular formula is C18H18F3N3O3. The van der Waals surface area contributed by atoms with E-state index in [9.17, 15) is 23.1 Å². The normalized spacial score (nSPS) is 25.2. The number of amides is 1. The predicted molar refractivity (Wildman–Crippen MR) is 88.5 cm³/mol. The van der Waals surface area contributed by atoms with Gasteiger partial charge in [-0.1, -0.05) is 25.0 Å². The van der Waals surface area contributed by atoms with Crippen molar-refractivity contribution in [1.82, 2.24) is 5.01 Å². The van der Waals surface area contributed by atoms with E-state index < -0.39 is 30.3 Å². The van der Waals surface area contributed by atoms with Crippen LogP contribution in [0.3, 0.4) is 0 Å². The van der Waals surface area contributed by atoms with Gasteiger partial charge in [0.1, 0.15) is 11.8 Å². The zero-order chi connectivity index (χ0) is 19.7. The van der Waals surface area contributed by atoms with Crippen LogP contribution in [0.2, 0.25) is 0 Å². The summed E-state index contributed by atoms with van der Waals surface area (Å²) in [6, 6.07) is 7.92. The number of fused-ring (bicyclic) bond motifs is 1. The Labute approximate surface area is 153 Å². The molecule has 9 heteroatoms. The van der Waals surface area contributed by atoms with E-state index in [1.165, 1.54) is 12.1 Å². The molecule has 6 nitrogen and oxygen atoms in total. The van der Waals surface area contributed by atoms with Gasteiger partial charge in [0, 0.05) is 5.71 Å². The average molecular weight is 381 g/mol. The second kappa shape index (κ2) is 7.19. The summed E-state index contributed by atoms with van der Waals surface area (Å²) < 4.78 is 46.4. The Hall–Kier alpha value is -2.60. The molecule has 1 saturated carbocycles. The quantitative estimate of drug-likeness (QED) is 0.872. The Morgan fingerprint density at radius 1 is 1.37 bits per heavy atom. The number of halogens is 3. The summed E-state index contributed by atoms with van der Waals surface area (Å²) in [4.78, 5) is 12.5. The van der Waals surface area contributed by atoms with Crippen molar-refractivity contribution in [2.45, 2.75) is 44.0 Å². The first-order chi connectivity index (χ1) is 12.8. The molecule has 3 rings (SSSR count). The van der Waals surface area contributed by atoms with Gasteiger partial charge in [0.2, 0.25) is 0 Å². The summed E-state index contributed by atoms with van der Waals surface area (Å²) in [5, 5.41) is 23.5. The molecule has 1 aliphatic heterocycles. The van der Waals surface area contributed by atoms with Gasteiger partial charge in [-0.3, -0.25) is 4.79 Å². The highest BCUT2D eigenvalue weighted by Gasteiger charge is 2.68. The van der Waals surface area contributed by atoms with E-state index in [-0.39, 0.29) is 28.5 Å². The SMILES string of the molecule is N#Cc1ccccc1OCC(=O)N1N=C2CCCCC[C@H]2[C@@]1(O)C(F)(F)F. The molecule has 2 aliphatic rings. The second-order valence-corrected chi connectivity index (χ2v) is 6.57. The van der Waals surface area contributed by atoms with Crippen molar-refractivity contribution in [1.29, 1.82) is 5.26 Å². The van der Waals surface area contributed by atoms with Crippen molar-refractivity contribution >= 4 is 11.6 Å². The molecule has 144 valence electrons. The average Bonchev–Trinajstić information content (AvgIpc) is 2.79. The van der Waals surface area contributed by atoms with Crippen LogP contribution in [-0.4, -0.2) is 40.2 Å². The first kappa shape index (κ1) is 19.2. The standard InChI is InChI=1S/C18H18F3N3O3/c19-18(20,21)17(26)13-7-2-1-3-8-14(13)23-24(17)16(25)11-27-15-9-5-4-6-12(15)10-22/h4-6,9,13,26H,1-3,7-8,11H2/t13-,17-/m1/s1. The van der Waals surface area contributed by atoms with Crippen LogP contribution >= 0.6 is 0 Å². The second-order valence-electron chi connectivity index (χ2n) is 6.57. The third kappa shape index (κ3) is 3.37. The van der Waals surface area contributed by atoms with Crippen molar-refractivity contribution in [3.8, 4) is 11.8 Å². The molecule has 0 unspecified atom stereocenters. The van der Waals surface area contributed by atoms with Crippen LogP contribution in [-0.2, 0) is 4.79 Å². The summed E-state index contributed by atoms with van der Waals surface area (Å²) in [5.41, 5.74) is -3.03. The smallest absolute Gasteiger partial charge is 0.439 e.